The van der Waals surface area contributed by atoms with E-state index in [-0.39, 0.29) is 16.0 Å². The molecule has 0 bridgehead atoms. The number of halogens is 1. The highest BCUT2D eigenvalue weighted by Gasteiger charge is 2.32. The molecule has 3 N–H and O–H groups in total. The number of nitrogens with zero attached hydrogens (tertiary/aromatic N) is 2. The summed E-state index contributed by atoms with van der Waals surface area (Å²) in [5, 5.41) is 6.58. The van der Waals surface area contributed by atoms with E-state index < -0.39 is 32.9 Å². The molecule has 0 spiro atoms. The summed E-state index contributed by atoms with van der Waals surface area (Å²) >= 11 is 0. The van der Waals surface area contributed by atoms with Crippen LogP contribution in [0.2, 0.25) is 0 Å². The quantitative estimate of drug-likeness (QED) is 0.357. The monoisotopic (exact) mass is 561 g/mol. The maximum absolute atomic E-state index is 14.6. The highest BCUT2D eigenvalue weighted by Crippen LogP contribution is 2.33. The molecule has 2 aromatic rings. The lowest BCUT2D eigenvalue weighted by Crippen LogP contribution is -2.32. The first-order valence-electron chi connectivity index (χ1n) is 13.5. The molecule has 1 aliphatic rings. The third-order valence-electron chi connectivity index (χ3n) is 6.90. The normalized spacial score (nSPS) is 18.5. The van der Waals surface area contributed by atoms with Crippen molar-refractivity contribution in [2.75, 3.05) is 18.4 Å². The van der Waals surface area contributed by atoms with Crippen molar-refractivity contribution in [1.29, 1.82) is 0 Å². The molecular formula is C29H44FN5O3S. The van der Waals surface area contributed by atoms with Gasteiger partial charge in [-0.15, -0.1) is 0 Å². The fraction of sp³-hybridized carbons (Fsp3) is 0.621. The Morgan fingerprint density at radius 1 is 1.13 bits per heavy atom. The Morgan fingerprint density at radius 3 is 2.38 bits per heavy atom. The van der Waals surface area contributed by atoms with E-state index in [9.17, 15) is 17.6 Å². The van der Waals surface area contributed by atoms with Crippen molar-refractivity contribution in [3.63, 3.8) is 0 Å². The molecule has 2 atom stereocenters. The van der Waals surface area contributed by atoms with Gasteiger partial charge in [-0.05, 0) is 81.2 Å². The van der Waals surface area contributed by atoms with E-state index in [1.54, 1.807) is 12.1 Å². The molecule has 2 aromatic heterocycles. The number of hydrogen-bond acceptors (Lipinski definition) is 7. The van der Waals surface area contributed by atoms with Crippen LogP contribution in [0.15, 0.2) is 35.4 Å². The Morgan fingerprint density at radius 2 is 1.82 bits per heavy atom. The number of rotatable bonds is 9. The molecule has 0 radical (unpaired) electrons. The van der Waals surface area contributed by atoms with Crippen LogP contribution in [0.3, 0.4) is 0 Å². The van der Waals surface area contributed by atoms with Crippen molar-refractivity contribution in [1.82, 2.24) is 20.0 Å². The number of amides is 1. The molecule has 0 saturated carbocycles. The van der Waals surface area contributed by atoms with E-state index in [1.807, 2.05) is 25.5 Å². The maximum Gasteiger partial charge on any atom is 0.281 e. The second kappa shape index (κ2) is 11.5. The lowest BCUT2D eigenvalue weighted by Gasteiger charge is -2.28. The van der Waals surface area contributed by atoms with Gasteiger partial charge in [-0.25, -0.2) is 14.7 Å². The van der Waals surface area contributed by atoms with Crippen LogP contribution in [0.5, 0.6) is 0 Å². The predicted octanol–water partition coefficient (Wildman–Crippen LogP) is 5.27. The van der Waals surface area contributed by atoms with E-state index in [0.29, 0.717) is 29.9 Å². The van der Waals surface area contributed by atoms with Crippen LogP contribution in [0.1, 0.15) is 90.7 Å². The molecule has 39 heavy (non-hydrogen) atoms. The number of sulfonamides is 1. The number of hydrogen-bond donors (Lipinski definition) is 3. The summed E-state index contributed by atoms with van der Waals surface area (Å²) in [6.45, 7) is 18.4. The van der Waals surface area contributed by atoms with Crippen molar-refractivity contribution in [3.05, 3.63) is 47.5 Å². The van der Waals surface area contributed by atoms with Crippen LogP contribution < -0.4 is 15.4 Å². The first-order chi connectivity index (χ1) is 17.8. The number of pyridine rings is 2. The Labute approximate surface area is 233 Å². The smallest absolute Gasteiger partial charge is 0.281 e. The lowest BCUT2D eigenvalue weighted by molar-refractivity contribution is 0.0976. The average Bonchev–Trinajstić information content (AvgIpc) is 3.13. The minimum atomic E-state index is -4.34. The summed E-state index contributed by atoms with van der Waals surface area (Å²) in [4.78, 5) is 20.7. The predicted molar refractivity (Wildman–Crippen MR) is 153 cm³/mol. The zero-order chi connectivity index (χ0) is 29.2. The van der Waals surface area contributed by atoms with E-state index in [4.69, 9.17) is 0 Å². The zero-order valence-electron chi connectivity index (χ0n) is 24.5. The molecule has 3 heterocycles. The summed E-state index contributed by atoms with van der Waals surface area (Å²) in [5.74, 6) is -0.768. The van der Waals surface area contributed by atoms with Crippen LogP contribution in [-0.4, -0.2) is 42.9 Å². The van der Waals surface area contributed by atoms with Crippen molar-refractivity contribution in [2.24, 2.45) is 17.3 Å². The summed E-state index contributed by atoms with van der Waals surface area (Å²) in [6.07, 6.45) is 3.19. The molecule has 1 saturated heterocycles. The Balaban J connectivity index is 1.70. The SMILES string of the molecule is CC(C)(C)CC(CNc1cccc(S(=O)(=O)NC(=O)c2ccc(C(C)(C)C)nc2F)n1)C[C@@H]1CNC(C)(C)C1. The van der Waals surface area contributed by atoms with Crippen LogP contribution in [-0.2, 0) is 15.4 Å². The van der Waals surface area contributed by atoms with Crippen LogP contribution in [0.4, 0.5) is 10.2 Å². The van der Waals surface area contributed by atoms with Gasteiger partial charge in [0, 0.05) is 23.2 Å². The zero-order valence-corrected chi connectivity index (χ0v) is 25.3. The van der Waals surface area contributed by atoms with Crippen molar-refractivity contribution in [3.8, 4) is 0 Å². The molecule has 8 nitrogen and oxygen atoms in total. The first kappa shape index (κ1) is 30.9. The van der Waals surface area contributed by atoms with Gasteiger partial charge in [0.25, 0.3) is 15.9 Å². The average molecular weight is 562 g/mol. The highest BCUT2D eigenvalue weighted by molar-refractivity contribution is 7.90. The number of aromatic nitrogens is 2. The van der Waals surface area contributed by atoms with Gasteiger partial charge in [0.2, 0.25) is 5.95 Å². The Kier molecular flexibility index (Phi) is 9.12. The number of anilines is 1. The molecule has 0 aliphatic carbocycles. The van der Waals surface area contributed by atoms with E-state index in [0.717, 1.165) is 25.8 Å². The summed E-state index contributed by atoms with van der Waals surface area (Å²) < 4.78 is 42.4. The Bertz CT molecular complexity index is 1280. The van der Waals surface area contributed by atoms with Crippen molar-refractivity contribution >= 4 is 21.7 Å². The van der Waals surface area contributed by atoms with Gasteiger partial charge in [0.15, 0.2) is 5.03 Å². The Hall–Kier alpha value is -2.59. The van der Waals surface area contributed by atoms with Crippen molar-refractivity contribution < 1.29 is 17.6 Å². The maximum atomic E-state index is 14.6. The molecule has 1 fully saturated rings. The largest absolute Gasteiger partial charge is 0.370 e. The number of carbonyl (C=O) groups is 1. The van der Waals surface area contributed by atoms with Gasteiger partial charge < -0.3 is 10.6 Å². The first-order valence-corrected chi connectivity index (χ1v) is 15.0. The summed E-state index contributed by atoms with van der Waals surface area (Å²) in [6, 6.07) is 7.33. The van der Waals surface area contributed by atoms with Gasteiger partial charge >= 0.3 is 0 Å². The van der Waals surface area contributed by atoms with Crippen LogP contribution in [0, 0.1) is 23.2 Å². The fourth-order valence-corrected chi connectivity index (χ4v) is 6.13. The number of nitrogens with one attached hydrogen (secondary N) is 3. The van der Waals surface area contributed by atoms with Gasteiger partial charge in [0.1, 0.15) is 5.82 Å². The standard InChI is InChI=1S/C29H44FN5O3S/c1-27(2,3)15-19(14-20-16-29(7,8)32-18-20)17-31-23-10-9-11-24(34-23)39(37,38)35-26(36)21-12-13-22(28(4,5)6)33-25(21)30/h9-13,19-20,32H,14-18H2,1-8H3,(H,31,34)(H,35,36)/t19?,20-/m0/s1. The minimum Gasteiger partial charge on any atom is -0.370 e. The second-order valence-corrected chi connectivity index (χ2v) is 15.3. The van der Waals surface area contributed by atoms with E-state index in [1.165, 1.54) is 18.2 Å². The molecule has 0 aromatic carbocycles. The molecule has 1 unspecified atom stereocenters. The fourth-order valence-electron chi connectivity index (χ4n) is 5.19. The van der Waals surface area contributed by atoms with E-state index in [2.05, 4.69) is 55.2 Å². The molecule has 10 heteroatoms. The summed E-state index contributed by atoms with van der Waals surface area (Å²) in [5.41, 5.74) is -0.123. The van der Waals surface area contributed by atoms with E-state index >= 15 is 0 Å². The third kappa shape index (κ3) is 8.96. The van der Waals surface area contributed by atoms with Gasteiger partial charge in [-0.3, -0.25) is 4.79 Å². The van der Waals surface area contributed by atoms with Crippen molar-refractivity contribution in [2.45, 2.75) is 90.6 Å². The van der Waals surface area contributed by atoms with Crippen LogP contribution in [0.25, 0.3) is 0 Å². The highest BCUT2D eigenvalue weighted by atomic mass is 32.2. The van der Waals surface area contributed by atoms with Gasteiger partial charge in [-0.1, -0.05) is 47.6 Å². The topological polar surface area (TPSA) is 113 Å². The second-order valence-electron chi connectivity index (χ2n) is 13.7. The van der Waals surface area contributed by atoms with Crippen LogP contribution >= 0.6 is 0 Å². The van der Waals surface area contributed by atoms with Gasteiger partial charge in [-0.2, -0.15) is 12.8 Å². The molecule has 216 valence electrons. The molecular weight excluding hydrogens is 517 g/mol. The number of carbonyl (C=O) groups excluding carboxylic acids is 1. The minimum absolute atomic E-state index is 0.145. The molecule has 1 aliphatic heterocycles. The summed E-state index contributed by atoms with van der Waals surface area (Å²) in [7, 11) is -4.34. The molecule has 1 amide bonds. The lowest BCUT2D eigenvalue weighted by atomic mass is 9.79. The third-order valence-corrected chi connectivity index (χ3v) is 8.13. The van der Waals surface area contributed by atoms with Gasteiger partial charge in [0.05, 0.1) is 5.56 Å². The molecule has 3 rings (SSSR count).